The highest BCUT2D eigenvalue weighted by atomic mass is 32.1. The fourth-order valence-corrected chi connectivity index (χ4v) is 2.40. The predicted octanol–water partition coefficient (Wildman–Crippen LogP) is 2.95. The third kappa shape index (κ3) is 1.16. The monoisotopic (exact) mass is 198 g/mol. The van der Waals surface area contributed by atoms with E-state index in [0.29, 0.717) is 10.4 Å². The topological polar surface area (TPSA) is 47.6 Å². The molecule has 1 aromatic carbocycles. The lowest BCUT2D eigenvalue weighted by molar-refractivity contribution is 1.49. The van der Waals surface area contributed by atoms with Crippen LogP contribution in [0, 0.1) is 29.6 Å². The van der Waals surface area contributed by atoms with Crippen LogP contribution in [0.3, 0.4) is 0 Å². The van der Waals surface area contributed by atoms with Crippen molar-refractivity contribution in [2.75, 3.05) is 0 Å². The van der Waals surface area contributed by atoms with Gasteiger partial charge in [0.15, 0.2) is 0 Å². The zero-order chi connectivity index (χ0) is 10.1. The molecule has 1 aromatic heterocycles. The van der Waals surface area contributed by atoms with E-state index in [1.807, 2.05) is 19.1 Å². The first kappa shape index (κ1) is 8.74. The Bertz CT molecular complexity index is 582. The average molecular weight is 198 g/mol. The maximum Gasteiger partial charge on any atom is 0.110 e. The minimum atomic E-state index is 0.650. The molecule has 2 rings (SSSR count). The van der Waals surface area contributed by atoms with Crippen LogP contribution < -0.4 is 0 Å². The molecule has 0 spiro atoms. The Hall–Kier alpha value is -1.84. The molecule has 0 unspecified atom stereocenters. The Morgan fingerprint density at radius 2 is 2.00 bits per heavy atom. The van der Waals surface area contributed by atoms with Crippen LogP contribution in [0.2, 0.25) is 0 Å². The summed E-state index contributed by atoms with van der Waals surface area (Å²) in [5.41, 5.74) is 1.76. The van der Waals surface area contributed by atoms with Crippen molar-refractivity contribution in [2.24, 2.45) is 0 Å². The molecular formula is C11H6N2S. The smallest absolute Gasteiger partial charge is 0.110 e. The van der Waals surface area contributed by atoms with E-state index in [0.717, 1.165) is 15.6 Å². The fourth-order valence-electron chi connectivity index (χ4n) is 1.40. The molecule has 0 atom stereocenters. The number of fused-ring (bicyclic) bond motifs is 1. The Labute approximate surface area is 85.6 Å². The normalized spacial score (nSPS) is 9.64. The van der Waals surface area contributed by atoms with Crippen LogP contribution in [0.4, 0.5) is 0 Å². The molecule has 0 bridgehead atoms. The van der Waals surface area contributed by atoms with Gasteiger partial charge < -0.3 is 0 Å². The lowest BCUT2D eigenvalue weighted by atomic mass is 10.1. The number of nitrogens with zero attached hydrogens (tertiary/aromatic N) is 2. The van der Waals surface area contributed by atoms with Gasteiger partial charge in [-0.25, -0.2) is 0 Å². The zero-order valence-electron chi connectivity index (χ0n) is 7.53. The van der Waals surface area contributed by atoms with Crippen LogP contribution >= 0.6 is 11.3 Å². The summed E-state index contributed by atoms with van der Waals surface area (Å²) in [6.07, 6.45) is 0. The Morgan fingerprint density at radius 1 is 1.21 bits per heavy atom. The predicted molar refractivity (Wildman–Crippen MR) is 56.0 cm³/mol. The number of hydrogen-bond donors (Lipinski definition) is 0. The van der Waals surface area contributed by atoms with E-state index >= 15 is 0 Å². The second kappa shape index (κ2) is 3.14. The van der Waals surface area contributed by atoms with E-state index in [4.69, 9.17) is 10.5 Å². The highest BCUT2D eigenvalue weighted by Crippen LogP contribution is 2.30. The summed E-state index contributed by atoms with van der Waals surface area (Å²) in [6.45, 7) is 1.98. The Balaban J connectivity index is 2.92. The number of hydrogen-bond acceptors (Lipinski definition) is 3. The minimum Gasteiger partial charge on any atom is -0.192 e. The van der Waals surface area contributed by atoms with E-state index in [9.17, 15) is 0 Å². The first-order valence-electron chi connectivity index (χ1n) is 4.09. The number of thiophene rings is 1. The molecule has 0 amide bonds. The Morgan fingerprint density at radius 3 is 2.64 bits per heavy atom. The summed E-state index contributed by atoms with van der Waals surface area (Å²) >= 11 is 1.38. The first-order valence-corrected chi connectivity index (χ1v) is 4.91. The number of nitriles is 2. The van der Waals surface area contributed by atoms with Gasteiger partial charge in [0, 0.05) is 0 Å². The van der Waals surface area contributed by atoms with E-state index < -0.39 is 0 Å². The van der Waals surface area contributed by atoms with Gasteiger partial charge in [-0.2, -0.15) is 10.5 Å². The molecule has 0 fully saturated rings. The molecule has 0 aliphatic heterocycles. The minimum absolute atomic E-state index is 0.650. The summed E-state index contributed by atoms with van der Waals surface area (Å²) in [7, 11) is 0. The molecule has 2 nitrogen and oxygen atoms in total. The van der Waals surface area contributed by atoms with E-state index in [-0.39, 0.29) is 0 Å². The van der Waals surface area contributed by atoms with Gasteiger partial charge in [0.05, 0.1) is 10.3 Å². The third-order valence-electron chi connectivity index (χ3n) is 2.13. The molecule has 0 saturated carbocycles. The summed E-state index contributed by atoms with van der Waals surface area (Å²) in [5.74, 6) is 0. The number of aryl methyl sites for hydroxylation is 1. The number of rotatable bonds is 0. The maximum atomic E-state index is 8.88. The van der Waals surface area contributed by atoms with E-state index in [2.05, 4.69) is 12.1 Å². The van der Waals surface area contributed by atoms with Gasteiger partial charge in [-0.3, -0.25) is 0 Å². The molecule has 2 aromatic rings. The lowest BCUT2D eigenvalue weighted by Crippen LogP contribution is -1.77. The fraction of sp³-hybridized carbons (Fsp3) is 0.0909. The van der Waals surface area contributed by atoms with Gasteiger partial charge >= 0.3 is 0 Å². The SMILES string of the molecule is Cc1ccc(C#N)c2sc(C#N)cc12. The zero-order valence-corrected chi connectivity index (χ0v) is 8.35. The molecule has 3 heteroatoms. The molecule has 0 aliphatic rings. The van der Waals surface area contributed by atoms with Crippen LogP contribution in [0.1, 0.15) is 16.0 Å². The molecule has 0 N–H and O–H groups in total. The van der Waals surface area contributed by atoms with Gasteiger partial charge in [0.2, 0.25) is 0 Å². The van der Waals surface area contributed by atoms with Crippen molar-refractivity contribution < 1.29 is 0 Å². The van der Waals surface area contributed by atoms with Crippen molar-refractivity contribution in [2.45, 2.75) is 6.92 Å². The Kier molecular flexibility index (Phi) is 1.96. The summed E-state index contributed by atoms with van der Waals surface area (Å²) in [4.78, 5) is 0.658. The highest BCUT2D eigenvalue weighted by molar-refractivity contribution is 7.19. The standard InChI is InChI=1S/C11H6N2S/c1-7-2-3-8(5-12)11-10(7)4-9(6-13)14-11/h2-4H,1H3. The molecule has 0 saturated heterocycles. The molecule has 14 heavy (non-hydrogen) atoms. The van der Waals surface area contributed by atoms with Crippen molar-refractivity contribution in [3.63, 3.8) is 0 Å². The average Bonchev–Trinajstić information content (AvgIpc) is 2.63. The number of benzene rings is 1. The summed E-state index contributed by atoms with van der Waals surface area (Å²) in [5, 5.41) is 18.7. The van der Waals surface area contributed by atoms with Gasteiger partial charge in [-0.15, -0.1) is 11.3 Å². The van der Waals surface area contributed by atoms with Crippen molar-refractivity contribution in [1.82, 2.24) is 0 Å². The van der Waals surface area contributed by atoms with E-state index in [1.54, 1.807) is 6.07 Å². The quantitative estimate of drug-likeness (QED) is 0.653. The second-order valence-electron chi connectivity index (χ2n) is 3.01. The van der Waals surface area contributed by atoms with Gasteiger partial charge in [0.25, 0.3) is 0 Å². The molecule has 0 aliphatic carbocycles. The van der Waals surface area contributed by atoms with Crippen LogP contribution in [-0.4, -0.2) is 0 Å². The maximum absolute atomic E-state index is 8.88. The lowest BCUT2D eigenvalue weighted by Gasteiger charge is -1.95. The van der Waals surface area contributed by atoms with Crippen molar-refractivity contribution in [3.05, 3.63) is 34.2 Å². The van der Waals surface area contributed by atoms with Crippen LogP contribution in [-0.2, 0) is 0 Å². The summed E-state index contributed by atoms with van der Waals surface area (Å²) in [6, 6.07) is 9.80. The first-order chi connectivity index (χ1) is 6.76. The third-order valence-corrected chi connectivity index (χ3v) is 3.21. The van der Waals surface area contributed by atoms with Crippen molar-refractivity contribution >= 4 is 21.4 Å². The molecular weight excluding hydrogens is 192 g/mol. The molecule has 0 radical (unpaired) electrons. The summed E-state index contributed by atoms with van der Waals surface area (Å²) < 4.78 is 0.920. The van der Waals surface area contributed by atoms with E-state index in [1.165, 1.54) is 11.3 Å². The van der Waals surface area contributed by atoms with Gasteiger partial charge in [-0.05, 0) is 30.0 Å². The van der Waals surface area contributed by atoms with Crippen LogP contribution in [0.15, 0.2) is 18.2 Å². The van der Waals surface area contributed by atoms with Crippen molar-refractivity contribution in [1.29, 1.82) is 10.5 Å². The molecule has 1 heterocycles. The van der Waals surface area contributed by atoms with Crippen LogP contribution in [0.25, 0.3) is 10.1 Å². The second-order valence-corrected chi connectivity index (χ2v) is 4.06. The largest absolute Gasteiger partial charge is 0.192 e. The molecule has 66 valence electrons. The highest BCUT2D eigenvalue weighted by Gasteiger charge is 2.07. The van der Waals surface area contributed by atoms with Gasteiger partial charge in [-0.1, -0.05) is 6.07 Å². The van der Waals surface area contributed by atoms with Gasteiger partial charge in [0.1, 0.15) is 17.0 Å². The van der Waals surface area contributed by atoms with Crippen LogP contribution in [0.5, 0.6) is 0 Å². The van der Waals surface area contributed by atoms with Crippen molar-refractivity contribution in [3.8, 4) is 12.1 Å².